The van der Waals surface area contributed by atoms with Crippen LogP contribution in [0.25, 0.3) is 0 Å². The van der Waals surface area contributed by atoms with Crippen LogP contribution in [0.4, 0.5) is 0 Å². The Bertz CT molecular complexity index is 1200. The maximum Gasteiger partial charge on any atom is 0.322 e. The molecule has 0 unspecified atom stereocenters. The second-order valence-electron chi connectivity index (χ2n) is 6.99. The molecular weight excluding hydrogens is 434 g/mol. The van der Waals surface area contributed by atoms with Gasteiger partial charge in [-0.05, 0) is 54.4 Å². The number of hydrogen-bond acceptors (Lipinski definition) is 5. The van der Waals surface area contributed by atoms with E-state index < -0.39 is 22.0 Å². The van der Waals surface area contributed by atoms with Gasteiger partial charge in [0.05, 0.1) is 4.88 Å². The molecule has 2 N–H and O–H groups in total. The third kappa shape index (κ3) is 6.18. The van der Waals surface area contributed by atoms with Gasteiger partial charge in [-0.25, -0.2) is 8.42 Å². The molecule has 0 aliphatic carbocycles. The third-order valence-electron chi connectivity index (χ3n) is 4.22. The summed E-state index contributed by atoms with van der Waals surface area (Å²) >= 11 is 0.988. The van der Waals surface area contributed by atoms with E-state index in [9.17, 15) is 18.3 Å². The lowest BCUT2D eigenvalue weighted by molar-refractivity contribution is -0.140. The molecule has 31 heavy (non-hydrogen) atoms. The zero-order chi connectivity index (χ0) is 22.4. The van der Waals surface area contributed by atoms with Crippen LogP contribution in [0.15, 0.2) is 70.9 Å². The Morgan fingerprint density at radius 3 is 2.23 bits per heavy atom. The first-order valence-electron chi connectivity index (χ1n) is 9.44. The number of carboxylic acid groups (broad SMARTS) is 1. The zero-order valence-electron chi connectivity index (χ0n) is 16.9. The molecular formula is C23H21NO5S2. The van der Waals surface area contributed by atoms with Crippen LogP contribution < -0.4 is 9.46 Å². The summed E-state index contributed by atoms with van der Waals surface area (Å²) in [5.41, 5.74) is 0.752. The number of ether oxygens (including phenoxy) is 1. The zero-order valence-corrected chi connectivity index (χ0v) is 18.5. The predicted octanol–water partition coefficient (Wildman–Crippen LogP) is 4.33. The van der Waals surface area contributed by atoms with E-state index in [1.807, 2.05) is 54.6 Å². The highest BCUT2D eigenvalue weighted by Crippen LogP contribution is 2.23. The molecule has 0 amide bonds. The molecule has 0 spiro atoms. The molecule has 1 aromatic heterocycles. The molecule has 0 saturated heterocycles. The summed E-state index contributed by atoms with van der Waals surface area (Å²) in [6, 6.07) is 18.5. The van der Waals surface area contributed by atoms with Crippen molar-refractivity contribution in [2.75, 3.05) is 0 Å². The lowest BCUT2D eigenvalue weighted by Gasteiger charge is -2.17. The molecule has 1 heterocycles. The van der Waals surface area contributed by atoms with E-state index in [1.165, 1.54) is 6.07 Å². The predicted molar refractivity (Wildman–Crippen MR) is 120 cm³/mol. The average Bonchev–Trinajstić information content (AvgIpc) is 3.22. The first-order valence-corrected chi connectivity index (χ1v) is 11.7. The number of para-hydroxylation sites is 1. The van der Waals surface area contributed by atoms with E-state index in [-0.39, 0.29) is 10.1 Å². The van der Waals surface area contributed by atoms with Crippen molar-refractivity contribution < 1.29 is 23.1 Å². The number of benzene rings is 2. The lowest BCUT2D eigenvalue weighted by atomic mass is 10.1. The molecule has 160 valence electrons. The van der Waals surface area contributed by atoms with Gasteiger partial charge in [0.2, 0.25) is 0 Å². The van der Waals surface area contributed by atoms with Crippen LogP contribution in [0.3, 0.4) is 0 Å². The number of sulfonamides is 1. The van der Waals surface area contributed by atoms with Crippen molar-refractivity contribution in [3.05, 3.63) is 77.2 Å². The van der Waals surface area contributed by atoms with Gasteiger partial charge in [0.25, 0.3) is 10.0 Å². The van der Waals surface area contributed by atoms with Crippen LogP contribution >= 0.6 is 11.3 Å². The quantitative estimate of drug-likeness (QED) is 0.518. The van der Waals surface area contributed by atoms with Gasteiger partial charge in [-0.1, -0.05) is 43.9 Å². The van der Waals surface area contributed by atoms with Crippen molar-refractivity contribution in [3.63, 3.8) is 0 Å². The highest BCUT2D eigenvalue weighted by Gasteiger charge is 2.28. The number of carboxylic acids is 1. The second kappa shape index (κ2) is 9.79. The fraction of sp³-hybridized carbons (Fsp3) is 0.174. The average molecular weight is 456 g/mol. The van der Waals surface area contributed by atoms with E-state index in [1.54, 1.807) is 19.9 Å². The van der Waals surface area contributed by atoms with Crippen molar-refractivity contribution in [2.45, 2.75) is 24.1 Å². The Morgan fingerprint density at radius 1 is 0.968 bits per heavy atom. The van der Waals surface area contributed by atoms with E-state index in [4.69, 9.17) is 4.74 Å². The molecule has 0 aliphatic rings. The Hall–Kier alpha value is -3.12. The number of hydrogen-bond donors (Lipinski definition) is 2. The number of aliphatic carboxylic acids is 1. The normalized spacial score (nSPS) is 12.1. The van der Waals surface area contributed by atoms with Gasteiger partial charge in [0, 0.05) is 5.56 Å². The van der Waals surface area contributed by atoms with Crippen LogP contribution in [-0.2, 0) is 14.8 Å². The summed E-state index contributed by atoms with van der Waals surface area (Å²) < 4.78 is 33.0. The van der Waals surface area contributed by atoms with Crippen molar-refractivity contribution >= 4 is 27.3 Å². The summed E-state index contributed by atoms with van der Waals surface area (Å²) in [4.78, 5) is 11.8. The third-order valence-corrected chi connectivity index (χ3v) is 7.16. The minimum absolute atomic E-state index is 0.0234. The Labute approximate surface area is 185 Å². The Kier molecular flexibility index (Phi) is 7.13. The maximum absolute atomic E-state index is 12.5. The number of thiophene rings is 1. The molecule has 8 heteroatoms. The van der Waals surface area contributed by atoms with Crippen LogP contribution in [0.5, 0.6) is 11.5 Å². The molecule has 0 fully saturated rings. The number of carbonyl (C=O) groups is 1. The smallest absolute Gasteiger partial charge is 0.322 e. The lowest BCUT2D eigenvalue weighted by Crippen LogP contribution is -2.43. The van der Waals surface area contributed by atoms with Crippen LogP contribution in [0.2, 0.25) is 0 Å². The van der Waals surface area contributed by atoms with Crippen molar-refractivity contribution in [3.8, 4) is 23.3 Å². The summed E-state index contributed by atoms with van der Waals surface area (Å²) in [5.74, 6) is 5.75. The molecule has 3 aromatic rings. The van der Waals surface area contributed by atoms with E-state index >= 15 is 0 Å². The van der Waals surface area contributed by atoms with Gasteiger partial charge in [0.1, 0.15) is 21.8 Å². The highest BCUT2D eigenvalue weighted by atomic mass is 32.2. The summed E-state index contributed by atoms with van der Waals surface area (Å²) in [6.45, 7) is 3.28. The first-order chi connectivity index (χ1) is 14.7. The van der Waals surface area contributed by atoms with Gasteiger partial charge in [-0.2, -0.15) is 4.72 Å². The Morgan fingerprint density at radius 2 is 1.61 bits per heavy atom. The summed E-state index contributed by atoms with van der Waals surface area (Å²) in [6.07, 6.45) is 0. The Balaban J connectivity index is 1.69. The van der Waals surface area contributed by atoms with Crippen LogP contribution in [0, 0.1) is 17.8 Å². The summed E-state index contributed by atoms with van der Waals surface area (Å²) in [5, 5.41) is 9.22. The maximum atomic E-state index is 12.5. The van der Waals surface area contributed by atoms with Gasteiger partial charge in [0.15, 0.2) is 0 Å². The summed E-state index contributed by atoms with van der Waals surface area (Å²) in [7, 11) is -3.94. The topological polar surface area (TPSA) is 92.7 Å². The first kappa shape index (κ1) is 22.6. The van der Waals surface area contributed by atoms with Crippen LogP contribution in [-0.4, -0.2) is 25.5 Å². The van der Waals surface area contributed by atoms with Crippen LogP contribution in [0.1, 0.15) is 24.3 Å². The fourth-order valence-corrected chi connectivity index (χ4v) is 5.11. The van der Waals surface area contributed by atoms with Crippen molar-refractivity contribution in [2.24, 2.45) is 5.92 Å². The molecule has 6 nitrogen and oxygen atoms in total. The molecule has 0 saturated carbocycles. The minimum Gasteiger partial charge on any atom is -0.480 e. The molecule has 1 atom stereocenters. The molecule has 0 aliphatic heterocycles. The largest absolute Gasteiger partial charge is 0.480 e. The SMILES string of the molecule is CC(C)[C@@H](NS(=O)(=O)c1ccc(C#Cc2ccc(Oc3ccccc3)cc2)s1)C(=O)O. The van der Waals surface area contributed by atoms with Gasteiger partial charge in [-0.15, -0.1) is 11.3 Å². The van der Waals surface area contributed by atoms with Gasteiger partial charge < -0.3 is 9.84 Å². The monoisotopic (exact) mass is 455 g/mol. The van der Waals surface area contributed by atoms with E-state index in [0.717, 1.165) is 22.6 Å². The molecule has 2 aromatic carbocycles. The van der Waals surface area contributed by atoms with Crippen molar-refractivity contribution in [1.82, 2.24) is 4.72 Å². The molecule has 0 radical (unpaired) electrons. The number of nitrogens with one attached hydrogen (secondary N) is 1. The highest BCUT2D eigenvalue weighted by molar-refractivity contribution is 7.91. The standard InChI is InChI=1S/C23H21NO5S2/c1-16(2)22(23(25)26)24-31(27,28)21-15-14-20(30-21)13-10-17-8-11-19(12-9-17)29-18-6-4-3-5-7-18/h3-9,11-12,14-16,22,24H,1-2H3,(H,25,26)/t22-/m1/s1. The van der Waals surface area contributed by atoms with E-state index in [0.29, 0.717) is 10.6 Å². The van der Waals surface area contributed by atoms with E-state index in [2.05, 4.69) is 16.6 Å². The fourth-order valence-electron chi connectivity index (χ4n) is 2.59. The van der Waals surface area contributed by atoms with Crippen molar-refractivity contribution in [1.29, 1.82) is 0 Å². The second-order valence-corrected chi connectivity index (χ2v) is 10.0. The van der Waals surface area contributed by atoms with Gasteiger partial charge >= 0.3 is 5.97 Å². The molecule has 0 bridgehead atoms. The molecule has 3 rings (SSSR count). The van der Waals surface area contributed by atoms with Gasteiger partial charge in [-0.3, -0.25) is 4.79 Å². The number of rotatable bonds is 7. The minimum atomic E-state index is -3.94.